The van der Waals surface area contributed by atoms with E-state index in [9.17, 15) is 8.78 Å². The number of fused-ring (bicyclic) bond motifs is 1. The number of hydrogen-bond acceptors (Lipinski definition) is 3. The molecule has 1 aliphatic rings. The Kier molecular flexibility index (Phi) is 3.12. The lowest BCUT2D eigenvalue weighted by Crippen LogP contribution is -2.14. The molecular formula is C13H10F2N2OS. The van der Waals surface area contributed by atoms with Gasteiger partial charge in [-0.05, 0) is 12.1 Å². The van der Waals surface area contributed by atoms with Crippen LogP contribution >= 0.6 is 12.2 Å². The van der Waals surface area contributed by atoms with Crippen LogP contribution in [0.1, 0.15) is 11.3 Å². The Labute approximate surface area is 113 Å². The van der Waals surface area contributed by atoms with Gasteiger partial charge in [0.25, 0.3) is 0 Å². The van der Waals surface area contributed by atoms with E-state index < -0.39 is 11.6 Å². The highest BCUT2D eigenvalue weighted by molar-refractivity contribution is 7.71. The van der Waals surface area contributed by atoms with E-state index in [-0.39, 0.29) is 0 Å². The van der Waals surface area contributed by atoms with Crippen LogP contribution in [0.15, 0.2) is 18.2 Å². The van der Waals surface area contributed by atoms with Gasteiger partial charge in [0.2, 0.25) is 0 Å². The van der Waals surface area contributed by atoms with Crippen LogP contribution in [0.2, 0.25) is 0 Å². The van der Waals surface area contributed by atoms with Crippen LogP contribution in [0.3, 0.4) is 0 Å². The second-order valence-electron chi connectivity index (χ2n) is 4.31. The summed E-state index contributed by atoms with van der Waals surface area (Å²) in [6.45, 7) is 1.02. The second kappa shape index (κ2) is 4.79. The number of benzene rings is 1. The molecule has 0 radical (unpaired) electrons. The molecule has 2 aromatic rings. The molecule has 1 aliphatic heterocycles. The van der Waals surface area contributed by atoms with Crippen LogP contribution in [0.4, 0.5) is 8.78 Å². The fourth-order valence-corrected chi connectivity index (χ4v) is 2.36. The van der Waals surface area contributed by atoms with E-state index in [1.165, 1.54) is 12.1 Å². The molecule has 98 valence electrons. The molecule has 6 heteroatoms. The Hall–Kier alpha value is -1.66. The number of ether oxygens (including phenoxy) is 1. The molecule has 1 aromatic heterocycles. The standard InChI is InChI=1S/C13H10F2N2OS/c14-8-3-7(4-9(15)5-8)12-16-11-1-2-18-6-10(11)13(19)17-12/h3-5H,1-2,6H2,(H,16,17,19). The van der Waals surface area contributed by atoms with Gasteiger partial charge in [-0.1, -0.05) is 12.2 Å². The van der Waals surface area contributed by atoms with Crippen molar-refractivity contribution in [2.75, 3.05) is 6.61 Å². The maximum Gasteiger partial charge on any atom is 0.139 e. The minimum Gasteiger partial charge on any atom is -0.376 e. The SMILES string of the molecule is Fc1cc(F)cc(-c2nc(=S)c3c([nH]2)CCOC3)c1. The van der Waals surface area contributed by atoms with E-state index in [0.29, 0.717) is 35.7 Å². The Morgan fingerprint density at radius 2 is 1.95 bits per heavy atom. The van der Waals surface area contributed by atoms with Crippen LogP contribution in [-0.2, 0) is 17.8 Å². The van der Waals surface area contributed by atoms with Crippen LogP contribution < -0.4 is 0 Å². The first-order valence-corrected chi connectivity index (χ1v) is 6.20. The van der Waals surface area contributed by atoms with Gasteiger partial charge in [0.1, 0.15) is 22.1 Å². The number of aromatic nitrogens is 2. The molecule has 0 atom stereocenters. The van der Waals surface area contributed by atoms with Gasteiger partial charge in [0.15, 0.2) is 0 Å². The topological polar surface area (TPSA) is 37.9 Å². The van der Waals surface area contributed by atoms with Gasteiger partial charge in [0.05, 0.1) is 13.2 Å². The predicted molar refractivity (Wildman–Crippen MR) is 68.1 cm³/mol. The normalized spacial score (nSPS) is 14.2. The number of H-pyrrole nitrogens is 1. The quantitative estimate of drug-likeness (QED) is 0.815. The molecule has 3 rings (SSSR count). The number of nitrogens with zero attached hydrogens (tertiary/aromatic N) is 1. The third-order valence-electron chi connectivity index (χ3n) is 2.98. The number of hydrogen-bond donors (Lipinski definition) is 1. The molecule has 19 heavy (non-hydrogen) atoms. The van der Waals surface area contributed by atoms with E-state index in [4.69, 9.17) is 17.0 Å². The van der Waals surface area contributed by atoms with Crippen molar-refractivity contribution in [1.82, 2.24) is 9.97 Å². The molecule has 0 saturated carbocycles. The Bertz CT molecular complexity index is 679. The monoisotopic (exact) mass is 280 g/mol. The third-order valence-corrected chi connectivity index (χ3v) is 3.32. The molecule has 3 nitrogen and oxygen atoms in total. The minimum atomic E-state index is -0.642. The lowest BCUT2D eigenvalue weighted by atomic mass is 10.1. The summed E-state index contributed by atoms with van der Waals surface area (Å²) in [6, 6.07) is 3.27. The molecule has 0 saturated heterocycles. The zero-order valence-electron chi connectivity index (χ0n) is 9.87. The van der Waals surface area contributed by atoms with Crippen LogP contribution in [0.25, 0.3) is 11.4 Å². The minimum absolute atomic E-state index is 0.345. The van der Waals surface area contributed by atoms with E-state index >= 15 is 0 Å². The van der Waals surface area contributed by atoms with E-state index in [0.717, 1.165) is 17.3 Å². The molecule has 1 N–H and O–H groups in total. The van der Waals surface area contributed by atoms with Crippen molar-refractivity contribution in [2.45, 2.75) is 13.0 Å². The average molecular weight is 280 g/mol. The first kappa shape index (κ1) is 12.4. The van der Waals surface area contributed by atoms with E-state index in [1.54, 1.807) is 0 Å². The molecule has 0 spiro atoms. The molecule has 1 aromatic carbocycles. The highest BCUT2D eigenvalue weighted by Gasteiger charge is 2.15. The Morgan fingerprint density at radius 3 is 2.68 bits per heavy atom. The lowest BCUT2D eigenvalue weighted by Gasteiger charge is -2.17. The van der Waals surface area contributed by atoms with Gasteiger partial charge in [0, 0.05) is 29.3 Å². The highest BCUT2D eigenvalue weighted by atomic mass is 32.1. The summed E-state index contributed by atoms with van der Waals surface area (Å²) >= 11 is 5.19. The van der Waals surface area contributed by atoms with Crippen molar-refractivity contribution < 1.29 is 13.5 Å². The summed E-state index contributed by atoms with van der Waals surface area (Å²) in [5.74, 6) is -0.904. The maximum absolute atomic E-state index is 13.2. The largest absolute Gasteiger partial charge is 0.376 e. The van der Waals surface area contributed by atoms with Gasteiger partial charge in [-0.25, -0.2) is 13.8 Å². The van der Waals surface area contributed by atoms with E-state index in [2.05, 4.69) is 9.97 Å². The molecular weight excluding hydrogens is 270 g/mol. The molecule has 0 bridgehead atoms. The van der Waals surface area contributed by atoms with Crippen molar-refractivity contribution >= 4 is 12.2 Å². The molecule has 0 unspecified atom stereocenters. The van der Waals surface area contributed by atoms with Crippen molar-refractivity contribution in [1.29, 1.82) is 0 Å². The van der Waals surface area contributed by atoms with E-state index in [1.807, 2.05) is 0 Å². The van der Waals surface area contributed by atoms with Crippen molar-refractivity contribution in [3.8, 4) is 11.4 Å². The lowest BCUT2D eigenvalue weighted by molar-refractivity contribution is 0.108. The molecule has 0 fully saturated rings. The Morgan fingerprint density at radius 1 is 1.21 bits per heavy atom. The predicted octanol–water partition coefficient (Wildman–Crippen LogP) is 3.16. The van der Waals surface area contributed by atoms with Crippen molar-refractivity contribution in [3.05, 3.63) is 45.7 Å². The number of rotatable bonds is 1. The van der Waals surface area contributed by atoms with Crippen LogP contribution in [-0.4, -0.2) is 16.6 Å². The summed E-state index contributed by atoms with van der Waals surface area (Å²) in [7, 11) is 0. The summed E-state index contributed by atoms with van der Waals surface area (Å²) in [4.78, 5) is 7.27. The van der Waals surface area contributed by atoms with Crippen LogP contribution in [0.5, 0.6) is 0 Å². The van der Waals surface area contributed by atoms with Gasteiger partial charge < -0.3 is 9.72 Å². The number of nitrogens with one attached hydrogen (secondary N) is 1. The maximum atomic E-state index is 13.2. The first-order valence-electron chi connectivity index (χ1n) is 5.80. The fraction of sp³-hybridized carbons (Fsp3) is 0.231. The van der Waals surface area contributed by atoms with Crippen molar-refractivity contribution in [3.63, 3.8) is 0 Å². The molecule has 0 amide bonds. The van der Waals surface area contributed by atoms with Gasteiger partial charge in [-0.2, -0.15) is 0 Å². The first-order chi connectivity index (χ1) is 9.13. The number of aromatic amines is 1. The molecule has 2 heterocycles. The number of halogens is 2. The van der Waals surface area contributed by atoms with Gasteiger partial charge in [-0.15, -0.1) is 0 Å². The summed E-state index contributed by atoms with van der Waals surface area (Å²) in [5.41, 5.74) is 2.12. The Balaban J connectivity index is 2.15. The average Bonchev–Trinajstić information content (AvgIpc) is 2.37. The highest BCUT2D eigenvalue weighted by Crippen LogP contribution is 2.22. The second-order valence-corrected chi connectivity index (χ2v) is 4.70. The smallest absolute Gasteiger partial charge is 0.139 e. The zero-order chi connectivity index (χ0) is 13.4. The van der Waals surface area contributed by atoms with Gasteiger partial charge >= 0.3 is 0 Å². The summed E-state index contributed by atoms with van der Waals surface area (Å²) in [5, 5.41) is 0. The van der Waals surface area contributed by atoms with Crippen molar-refractivity contribution in [2.24, 2.45) is 0 Å². The third kappa shape index (κ3) is 2.41. The summed E-state index contributed by atoms with van der Waals surface area (Å²) in [6.07, 6.45) is 0.687. The fourth-order valence-electron chi connectivity index (χ4n) is 2.08. The zero-order valence-corrected chi connectivity index (χ0v) is 10.7. The van der Waals surface area contributed by atoms with Crippen LogP contribution in [0, 0.1) is 16.3 Å². The molecule has 0 aliphatic carbocycles. The van der Waals surface area contributed by atoms with Gasteiger partial charge in [-0.3, -0.25) is 0 Å². The summed E-state index contributed by atoms with van der Waals surface area (Å²) < 4.78 is 32.2.